The molecule has 1 aliphatic heterocycles. The van der Waals surface area contributed by atoms with Crippen molar-refractivity contribution in [3.05, 3.63) is 0 Å². The fraction of sp³-hybridized carbons (Fsp3) is 0.913. The Morgan fingerprint density at radius 2 is 1.73 bits per heavy atom. The summed E-state index contributed by atoms with van der Waals surface area (Å²) in [6, 6.07) is -0.528. The summed E-state index contributed by atoms with van der Waals surface area (Å²) in [4.78, 5) is 24.0. The van der Waals surface area contributed by atoms with Crippen LogP contribution in [0.15, 0.2) is 0 Å². The van der Waals surface area contributed by atoms with Gasteiger partial charge in [-0.15, -0.1) is 0 Å². The standard InChI is InChI=1S/C23H43NO9/c1-9-15(25)23(7,31)19-12(3)16(24-21(29)33-19)11(2)10-22(6,30)18(27)13(4)17(26)14(5)20(28)32-8/h11-19,25-27,30-31H,9-10H2,1-8H3,(H,24,29)/t11-,12+,13+,14-,15-,16?,17+,18-,19?,22-,23-/m1/s1. The number of methoxy groups -OCH3 is 1. The third-order valence-corrected chi connectivity index (χ3v) is 7.31. The van der Waals surface area contributed by atoms with Crippen molar-refractivity contribution in [1.82, 2.24) is 5.32 Å². The molecular weight excluding hydrogens is 434 g/mol. The second-order valence-electron chi connectivity index (χ2n) is 10.1. The van der Waals surface area contributed by atoms with Gasteiger partial charge in [-0.3, -0.25) is 4.79 Å². The lowest BCUT2D eigenvalue weighted by atomic mass is 9.72. The largest absolute Gasteiger partial charge is 0.469 e. The lowest BCUT2D eigenvalue weighted by Crippen LogP contribution is -2.64. The molecule has 0 aromatic carbocycles. The molecule has 10 heteroatoms. The Hall–Kier alpha value is -1.46. The summed E-state index contributed by atoms with van der Waals surface area (Å²) >= 11 is 0. The van der Waals surface area contributed by atoms with Crippen molar-refractivity contribution in [1.29, 1.82) is 0 Å². The monoisotopic (exact) mass is 477 g/mol. The molecule has 33 heavy (non-hydrogen) atoms. The Morgan fingerprint density at radius 3 is 2.21 bits per heavy atom. The predicted octanol–water partition coefficient (Wildman–Crippen LogP) is 0.566. The average molecular weight is 478 g/mol. The van der Waals surface area contributed by atoms with Gasteiger partial charge >= 0.3 is 12.1 Å². The minimum atomic E-state index is -1.67. The van der Waals surface area contributed by atoms with Gasteiger partial charge in [-0.05, 0) is 39.5 Å². The number of hydrogen-bond donors (Lipinski definition) is 6. The van der Waals surface area contributed by atoms with Gasteiger partial charge in [0, 0.05) is 17.9 Å². The molecule has 0 radical (unpaired) electrons. The van der Waals surface area contributed by atoms with Crippen LogP contribution in [0.2, 0.25) is 0 Å². The molecule has 1 fully saturated rings. The molecule has 0 saturated carbocycles. The number of esters is 1. The van der Waals surface area contributed by atoms with Gasteiger partial charge in [0.25, 0.3) is 0 Å². The van der Waals surface area contributed by atoms with Crippen molar-refractivity contribution >= 4 is 12.1 Å². The second-order valence-corrected chi connectivity index (χ2v) is 10.1. The molecule has 0 aliphatic carbocycles. The maximum atomic E-state index is 12.2. The van der Waals surface area contributed by atoms with E-state index in [0.717, 1.165) is 0 Å². The van der Waals surface area contributed by atoms with Crippen molar-refractivity contribution in [2.24, 2.45) is 23.7 Å². The number of aliphatic hydroxyl groups excluding tert-OH is 3. The quantitative estimate of drug-likeness (QED) is 0.233. The van der Waals surface area contributed by atoms with Crippen molar-refractivity contribution in [2.45, 2.75) is 103 Å². The summed E-state index contributed by atoms with van der Waals surface area (Å²) in [5.41, 5.74) is -3.34. The molecule has 0 spiro atoms. The Labute approximate surface area is 196 Å². The van der Waals surface area contributed by atoms with E-state index in [0.29, 0.717) is 0 Å². The van der Waals surface area contributed by atoms with Gasteiger partial charge in [0.1, 0.15) is 11.7 Å². The maximum absolute atomic E-state index is 12.2. The zero-order valence-corrected chi connectivity index (χ0v) is 21.0. The highest BCUT2D eigenvalue weighted by Crippen LogP contribution is 2.36. The van der Waals surface area contributed by atoms with Crippen molar-refractivity contribution in [3.63, 3.8) is 0 Å². The third-order valence-electron chi connectivity index (χ3n) is 7.31. The van der Waals surface area contributed by atoms with Crippen LogP contribution in [0.1, 0.15) is 61.3 Å². The van der Waals surface area contributed by atoms with Crippen molar-refractivity contribution < 1.29 is 44.6 Å². The van der Waals surface area contributed by atoms with Gasteiger partial charge in [0.2, 0.25) is 0 Å². The van der Waals surface area contributed by atoms with E-state index in [4.69, 9.17) is 4.74 Å². The van der Waals surface area contributed by atoms with E-state index in [1.807, 2.05) is 0 Å². The molecule has 2 unspecified atom stereocenters. The molecule has 1 heterocycles. The van der Waals surface area contributed by atoms with Crippen LogP contribution >= 0.6 is 0 Å². The van der Waals surface area contributed by atoms with Crippen LogP contribution in [0.3, 0.4) is 0 Å². The van der Waals surface area contributed by atoms with Crippen LogP contribution in [0, 0.1) is 23.7 Å². The molecule has 1 amide bonds. The van der Waals surface area contributed by atoms with Gasteiger partial charge in [0.05, 0.1) is 36.9 Å². The number of cyclic esters (lactones) is 1. The topological polar surface area (TPSA) is 166 Å². The highest BCUT2D eigenvalue weighted by molar-refractivity contribution is 5.72. The molecule has 6 N–H and O–H groups in total. The van der Waals surface area contributed by atoms with E-state index < -0.39 is 71.5 Å². The van der Waals surface area contributed by atoms with E-state index in [1.54, 1.807) is 20.8 Å². The summed E-state index contributed by atoms with van der Waals surface area (Å²) in [6.07, 6.45) is -5.14. The Bertz CT molecular complexity index is 668. The van der Waals surface area contributed by atoms with Gasteiger partial charge in [-0.2, -0.15) is 0 Å². The average Bonchev–Trinajstić information content (AvgIpc) is 2.76. The van der Waals surface area contributed by atoms with E-state index >= 15 is 0 Å². The zero-order chi connectivity index (χ0) is 25.9. The highest BCUT2D eigenvalue weighted by Gasteiger charge is 2.51. The van der Waals surface area contributed by atoms with E-state index in [-0.39, 0.29) is 18.8 Å². The molecule has 0 aromatic heterocycles. The first kappa shape index (κ1) is 29.6. The van der Waals surface area contributed by atoms with E-state index in [2.05, 4.69) is 10.1 Å². The number of carbonyl (C=O) groups is 2. The predicted molar refractivity (Wildman–Crippen MR) is 120 cm³/mol. The summed E-state index contributed by atoms with van der Waals surface area (Å²) in [5.74, 6) is -3.17. The molecule has 194 valence electrons. The molecule has 1 rings (SSSR count). The van der Waals surface area contributed by atoms with E-state index in [9.17, 15) is 35.1 Å². The third kappa shape index (κ3) is 6.57. The summed E-state index contributed by atoms with van der Waals surface area (Å²) in [7, 11) is 1.21. The first-order chi connectivity index (χ1) is 15.0. The SMILES string of the molecule is CC[C@@H](O)[C@@](C)(O)C1OC(=O)NC([C@H](C)C[C@@](C)(O)[C@H](O)[C@@H](C)[C@H](O)[C@@H](C)C(=O)OC)[C@@H]1C. The van der Waals surface area contributed by atoms with Crippen LogP contribution in [-0.2, 0) is 14.3 Å². The number of rotatable bonds is 11. The minimum Gasteiger partial charge on any atom is -0.469 e. The van der Waals surface area contributed by atoms with Gasteiger partial charge in [-0.25, -0.2) is 4.79 Å². The van der Waals surface area contributed by atoms with E-state index in [1.165, 1.54) is 34.8 Å². The van der Waals surface area contributed by atoms with Crippen molar-refractivity contribution in [3.8, 4) is 0 Å². The van der Waals surface area contributed by atoms with Crippen LogP contribution in [0.4, 0.5) is 4.79 Å². The van der Waals surface area contributed by atoms with Gasteiger partial charge < -0.3 is 40.3 Å². The fourth-order valence-electron chi connectivity index (χ4n) is 5.06. The lowest BCUT2D eigenvalue weighted by Gasteiger charge is -2.47. The molecule has 1 saturated heterocycles. The second kappa shape index (κ2) is 11.3. The molecular formula is C23H43NO9. The molecule has 1 aliphatic rings. The Balaban J connectivity index is 3.01. The molecule has 0 bridgehead atoms. The van der Waals surface area contributed by atoms with Gasteiger partial charge in [0.15, 0.2) is 0 Å². The Kier molecular flexibility index (Phi) is 10.1. The normalized spacial score (nSPS) is 30.3. The van der Waals surface area contributed by atoms with Crippen LogP contribution < -0.4 is 5.32 Å². The molecule has 0 aromatic rings. The number of nitrogens with one attached hydrogen (secondary N) is 1. The number of ether oxygens (including phenoxy) is 2. The molecule has 11 atom stereocenters. The zero-order valence-electron chi connectivity index (χ0n) is 21.0. The summed E-state index contributed by atoms with van der Waals surface area (Å²) < 4.78 is 9.97. The molecule has 10 nitrogen and oxygen atoms in total. The van der Waals surface area contributed by atoms with Crippen molar-refractivity contribution in [2.75, 3.05) is 7.11 Å². The van der Waals surface area contributed by atoms with Gasteiger partial charge in [-0.1, -0.05) is 27.7 Å². The summed E-state index contributed by atoms with van der Waals surface area (Å²) in [6.45, 7) is 11.1. The van der Waals surface area contributed by atoms with Crippen LogP contribution in [0.5, 0.6) is 0 Å². The number of carbonyl (C=O) groups excluding carboxylic acids is 2. The number of amides is 1. The number of aliphatic hydroxyl groups is 5. The smallest absolute Gasteiger partial charge is 0.407 e. The minimum absolute atomic E-state index is 0.0400. The van der Waals surface area contributed by atoms with Crippen LogP contribution in [0.25, 0.3) is 0 Å². The van der Waals surface area contributed by atoms with Crippen LogP contribution in [-0.4, -0.2) is 86.4 Å². The first-order valence-corrected chi connectivity index (χ1v) is 11.6. The summed E-state index contributed by atoms with van der Waals surface area (Å²) in [5, 5.41) is 56.2. The highest BCUT2D eigenvalue weighted by atomic mass is 16.6. The number of alkyl carbamates (subject to hydrolysis) is 1. The number of hydrogen-bond acceptors (Lipinski definition) is 9. The lowest BCUT2D eigenvalue weighted by molar-refractivity contribution is -0.169. The first-order valence-electron chi connectivity index (χ1n) is 11.6. The Morgan fingerprint density at radius 1 is 1.18 bits per heavy atom. The maximum Gasteiger partial charge on any atom is 0.407 e. The fourth-order valence-corrected chi connectivity index (χ4v) is 5.06.